The number of nitrogens with one attached hydrogen (secondary N) is 1. The van der Waals surface area contributed by atoms with Crippen LogP contribution < -0.4 is 5.32 Å². The lowest BCUT2D eigenvalue weighted by atomic mass is 10.1. The van der Waals surface area contributed by atoms with Crippen LogP contribution in [0.3, 0.4) is 0 Å². The third-order valence-corrected chi connectivity index (χ3v) is 3.51. The van der Waals surface area contributed by atoms with Crippen LogP contribution in [0.5, 0.6) is 0 Å². The van der Waals surface area contributed by atoms with Crippen molar-refractivity contribution in [2.24, 2.45) is 0 Å². The van der Waals surface area contributed by atoms with Gasteiger partial charge in [-0.3, -0.25) is 4.90 Å². The Bertz CT molecular complexity index is 174. The molecule has 1 aliphatic carbocycles. The Hall–Kier alpha value is -0.120. The van der Waals surface area contributed by atoms with Crippen molar-refractivity contribution in [1.29, 1.82) is 0 Å². The van der Waals surface area contributed by atoms with Gasteiger partial charge >= 0.3 is 0 Å². The van der Waals surface area contributed by atoms with Gasteiger partial charge in [0.25, 0.3) is 0 Å². The van der Waals surface area contributed by atoms with Gasteiger partial charge in [-0.2, -0.15) is 0 Å². The second-order valence-corrected chi connectivity index (χ2v) is 4.33. The molecule has 1 saturated carbocycles. The number of rotatable bonds is 2. The number of aliphatic hydroxyl groups is 1. The highest BCUT2D eigenvalue weighted by molar-refractivity contribution is 4.92. The van der Waals surface area contributed by atoms with Gasteiger partial charge < -0.3 is 10.4 Å². The number of likely N-dealkylation sites (N-methyl/N-ethyl adjacent to an activating group) is 1. The first kappa shape index (κ1) is 9.44. The van der Waals surface area contributed by atoms with Crippen LogP contribution >= 0.6 is 0 Å². The molecule has 76 valence electrons. The molecule has 1 heterocycles. The predicted octanol–water partition coefficient (Wildman–Crippen LogP) is 0.193. The molecule has 3 unspecified atom stereocenters. The van der Waals surface area contributed by atoms with E-state index in [2.05, 4.69) is 17.3 Å². The number of likely N-dealkylation sites (tertiary alicyclic amines) is 1. The van der Waals surface area contributed by atoms with Gasteiger partial charge in [-0.1, -0.05) is 6.42 Å². The number of hydrogen-bond acceptors (Lipinski definition) is 3. The summed E-state index contributed by atoms with van der Waals surface area (Å²) in [7, 11) is 2.05. The van der Waals surface area contributed by atoms with Crippen molar-refractivity contribution in [2.45, 2.75) is 43.9 Å². The van der Waals surface area contributed by atoms with Gasteiger partial charge in [0, 0.05) is 25.2 Å². The third-order valence-electron chi connectivity index (χ3n) is 3.51. The first-order valence-electron chi connectivity index (χ1n) is 5.40. The van der Waals surface area contributed by atoms with Crippen molar-refractivity contribution in [1.82, 2.24) is 10.2 Å². The number of aliphatic hydroxyl groups excluding tert-OH is 1. The van der Waals surface area contributed by atoms with Crippen LogP contribution in [0.15, 0.2) is 0 Å². The summed E-state index contributed by atoms with van der Waals surface area (Å²) in [6, 6.07) is 1.34. The summed E-state index contributed by atoms with van der Waals surface area (Å²) in [5, 5.41) is 12.8. The monoisotopic (exact) mass is 184 g/mol. The topological polar surface area (TPSA) is 35.5 Å². The van der Waals surface area contributed by atoms with Crippen LogP contribution in [0.4, 0.5) is 0 Å². The van der Waals surface area contributed by atoms with Crippen LogP contribution in [0.1, 0.15) is 25.7 Å². The van der Waals surface area contributed by atoms with Crippen molar-refractivity contribution in [3.05, 3.63) is 0 Å². The molecule has 13 heavy (non-hydrogen) atoms. The fourth-order valence-electron chi connectivity index (χ4n) is 2.78. The fraction of sp³-hybridized carbons (Fsp3) is 1.00. The maximum absolute atomic E-state index is 9.46. The van der Waals surface area contributed by atoms with Gasteiger partial charge in [0.15, 0.2) is 0 Å². The minimum absolute atomic E-state index is 0.0712. The molecule has 3 heteroatoms. The van der Waals surface area contributed by atoms with Crippen molar-refractivity contribution in [3.8, 4) is 0 Å². The molecule has 1 saturated heterocycles. The molecule has 0 bridgehead atoms. The van der Waals surface area contributed by atoms with E-state index in [1.807, 2.05) is 0 Å². The van der Waals surface area contributed by atoms with Gasteiger partial charge in [0.1, 0.15) is 0 Å². The molecule has 2 N–H and O–H groups in total. The van der Waals surface area contributed by atoms with E-state index in [1.165, 1.54) is 19.3 Å². The van der Waals surface area contributed by atoms with Crippen LogP contribution in [0.2, 0.25) is 0 Å². The zero-order chi connectivity index (χ0) is 9.26. The molecule has 0 aromatic heterocycles. The minimum atomic E-state index is -0.0712. The van der Waals surface area contributed by atoms with E-state index in [4.69, 9.17) is 0 Å². The van der Waals surface area contributed by atoms with E-state index in [0.29, 0.717) is 12.1 Å². The highest BCUT2D eigenvalue weighted by Gasteiger charge is 2.34. The van der Waals surface area contributed by atoms with E-state index >= 15 is 0 Å². The van der Waals surface area contributed by atoms with Gasteiger partial charge in [-0.25, -0.2) is 0 Å². The van der Waals surface area contributed by atoms with Gasteiger partial charge in [0.2, 0.25) is 0 Å². The Morgan fingerprint density at radius 2 is 2.15 bits per heavy atom. The molecule has 3 nitrogen and oxygen atoms in total. The van der Waals surface area contributed by atoms with Crippen molar-refractivity contribution >= 4 is 0 Å². The van der Waals surface area contributed by atoms with Gasteiger partial charge in [0.05, 0.1) is 6.10 Å². The molecular formula is C10H20N2O. The van der Waals surface area contributed by atoms with E-state index in [-0.39, 0.29) is 6.10 Å². The Kier molecular flexibility index (Phi) is 2.86. The summed E-state index contributed by atoms with van der Waals surface area (Å²) < 4.78 is 0. The quantitative estimate of drug-likeness (QED) is 0.643. The van der Waals surface area contributed by atoms with Gasteiger partial charge in [-0.15, -0.1) is 0 Å². The molecule has 2 fully saturated rings. The molecule has 0 aromatic carbocycles. The Morgan fingerprint density at radius 1 is 1.31 bits per heavy atom. The van der Waals surface area contributed by atoms with Crippen molar-refractivity contribution < 1.29 is 5.11 Å². The molecule has 0 spiro atoms. The molecular weight excluding hydrogens is 164 g/mol. The maximum atomic E-state index is 9.46. The third kappa shape index (κ3) is 1.87. The largest absolute Gasteiger partial charge is 0.392 e. The Morgan fingerprint density at radius 3 is 2.77 bits per heavy atom. The van der Waals surface area contributed by atoms with E-state index in [0.717, 1.165) is 19.5 Å². The average Bonchev–Trinajstić information content (AvgIpc) is 2.71. The van der Waals surface area contributed by atoms with E-state index in [9.17, 15) is 5.11 Å². The molecule has 0 aromatic rings. The average molecular weight is 184 g/mol. The van der Waals surface area contributed by atoms with Gasteiger partial charge in [-0.05, 0) is 26.3 Å². The van der Waals surface area contributed by atoms with Crippen molar-refractivity contribution in [2.75, 3.05) is 20.1 Å². The zero-order valence-electron chi connectivity index (χ0n) is 8.37. The predicted molar refractivity (Wildman–Crippen MR) is 52.7 cm³/mol. The smallest absolute Gasteiger partial charge is 0.0679 e. The molecule has 0 amide bonds. The summed E-state index contributed by atoms with van der Waals surface area (Å²) in [5.41, 5.74) is 0. The first-order chi connectivity index (χ1) is 6.31. The van der Waals surface area contributed by atoms with Crippen molar-refractivity contribution in [3.63, 3.8) is 0 Å². The lowest BCUT2D eigenvalue weighted by Crippen LogP contribution is -2.44. The second kappa shape index (κ2) is 3.95. The Balaban J connectivity index is 1.92. The molecule has 2 aliphatic rings. The summed E-state index contributed by atoms with van der Waals surface area (Å²) in [6.07, 6.45) is 4.83. The zero-order valence-corrected chi connectivity index (χ0v) is 8.37. The lowest BCUT2D eigenvalue weighted by molar-refractivity contribution is 0.151. The van der Waals surface area contributed by atoms with E-state index in [1.54, 1.807) is 0 Å². The summed E-state index contributed by atoms with van der Waals surface area (Å²) in [4.78, 5) is 2.46. The number of nitrogens with zero attached hydrogens (tertiary/aromatic N) is 1. The molecule has 2 rings (SSSR count). The summed E-state index contributed by atoms with van der Waals surface area (Å²) in [5.74, 6) is 0. The molecule has 1 aliphatic heterocycles. The number of hydrogen-bond donors (Lipinski definition) is 2. The van der Waals surface area contributed by atoms with Crippen LogP contribution in [0.25, 0.3) is 0 Å². The van der Waals surface area contributed by atoms with Crippen LogP contribution in [-0.4, -0.2) is 48.3 Å². The second-order valence-electron chi connectivity index (χ2n) is 4.33. The highest BCUT2D eigenvalue weighted by atomic mass is 16.3. The normalized spacial score (nSPS) is 41.5. The minimum Gasteiger partial charge on any atom is -0.392 e. The van der Waals surface area contributed by atoms with E-state index < -0.39 is 0 Å². The SMILES string of the molecule is CNC1CCCC1N1CCC(O)C1. The van der Waals surface area contributed by atoms with Crippen LogP contribution in [-0.2, 0) is 0 Å². The standard InChI is InChI=1S/C10H20N2O/c1-11-9-3-2-4-10(9)12-6-5-8(13)7-12/h8-11,13H,2-7H2,1H3. The number of β-amino-alcohol motifs (C(OH)–C–C–N with tert-alkyl or cyclic N) is 1. The molecule has 3 atom stereocenters. The highest BCUT2D eigenvalue weighted by Crippen LogP contribution is 2.26. The summed E-state index contributed by atoms with van der Waals surface area (Å²) in [6.45, 7) is 1.98. The Labute approximate surface area is 80.1 Å². The fourth-order valence-corrected chi connectivity index (χ4v) is 2.78. The summed E-state index contributed by atoms with van der Waals surface area (Å²) >= 11 is 0. The molecule has 0 radical (unpaired) electrons. The maximum Gasteiger partial charge on any atom is 0.0679 e. The lowest BCUT2D eigenvalue weighted by Gasteiger charge is -2.28. The van der Waals surface area contributed by atoms with Crippen LogP contribution in [0, 0.1) is 0 Å². The first-order valence-corrected chi connectivity index (χ1v) is 5.40.